The molecule has 0 amide bonds. The number of rotatable bonds is 4. The number of hydrogen-bond donors (Lipinski definition) is 0. The Hall–Kier alpha value is -2.03. The summed E-state index contributed by atoms with van der Waals surface area (Å²) in [5.41, 5.74) is -1.17. The first-order valence-corrected chi connectivity index (χ1v) is 6.90. The van der Waals surface area contributed by atoms with E-state index in [9.17, 15) is 18.0 Å². The minimum Gasteiger partial charge on any atom is -0.457 e. The molecule has 0 aliphatic heterocycles. The van der Waals surface area contributed by atoms with E-state index in [4.69, 9.17) is 16.3 Å². The third kappa shape index (κ3) is 3.49. The molecule has 2 aromatic rings. The molecule has 0 fully saturated rings. The van der Waals surface area contributed by atoms with Crippen molar-refractivity contribution in [2.45, 2.75) is 32.5 Å². The number of esters is 1. The second-order valence-electron chi connectivity index (χ2n) is 5.09. The molecule has 0 aliphatic carbocycles. The fourth-order valence-electron chi connectivity index (χ4n) is 1.92. The molecule has 0 saturated carbocycles. The van der Waals surface area contributed by atoms with Crippen molar-refractivity contribution in [3.05, 3.63) is 33.9 Å². The molecule has 0 spiro atoms. The number of aromatic nitrogens is 3. The van der Waals surface area contributed by atoms with Gasteiger partial charge in [-0.3, -0.25) is 4.68 Å². The van der Waals surface area contributed by atoms with Crippen molar-refractivity contribution in [2.75, 3.05) is 0 Å². The number of aryl methyl sites for hydroxylation is 1. The van der Waals surface area contributed by atoms with Crippen molar-refractivity contribution in [2.24, 2.45) is 7.05 Å². The smallest absolute Gasteiger partial charge is 0.437 e. The van der Waals surface area contributed by atoms with Crippen molar-refractivity contribution in [3.63, 3.8) is 0 Å². The number of carbonyl (C=O) groups excluding carboxylic acids is 1. The average molecular weight is 352 g/mol. The minimum absolute atomic E-state index is 0.0363. The molecule has 0 aromatic carbocycles. The summed E-state index contributed by atoms with van der Waals surface area (Å²) in [5, 5.41) is 7.03. The molecule has 23 heavy (non-hydrogen) atoms. The van der Waals surface area contributed by atoms with Crippen LogP contribution in [0.3, 0.4) is 0 Å². The maximum Gasteiger partial charge on any atom is 0.437 e. The van der Waals surface area contributed by atoms with Crippen LogP contribution < -0.4 is 0 Å². The van der Waals surface area contributed by atoms with Crippen LogP contribution in [-0.4, -0.2) is 20.9 Å². The Kier molecular flexibility index (Phi) is 4.69. The average Bonchev–Trinajstić information content (AvgIpc) is 3.02. The van der Waals surface area contributed by atoms with Gasteiger partial charge in [-0.25, -0.2) is 4.79 Å². The second kappa shape index (κ2) is 6.23. The molecule has 126 valence electrons. The zero-order chi connectivity index (χ0) is 17.4. The van der Waals surface area contributed by atoms with Crippen molar-refractivity contribution in [1.29, 1.82) is 0 Å². The van der Waals surface area contributed by atoms with E-state index in [0.717, 1.165) is 6.26 Å². The van der Waals surface area contributed by atoms with Crippen LogP contribution in [0.5, 0.6) is 0 Å². The highest BCUT2D eigenvalue weighted by atomic mass is 35.5. The first-order chi connectivity index (χ1) is 10.6. The molecular weight excluding hydrogens is 339 g/mol. The standard InChI is InChI=1S/C13H13ClF3N3O3/c1-6(2)9-8(11(14)20(3)18-9)12(21)22-4-7-5-23-19-10(7)13(15,16)17/h5-6H,4H2,1-3H3. The maximum atomic E-state index is 12.7. The lowest BCUT2D eigenvalue weighted by Crippen LogP contribution is -2.12. The molecule has 0 unspecified atom stereocenters. The van der Waals surface area contributed by atoms with Gasteiger partial charge in [-0.05, 0) is 5.92 Å². The van der Waals surface area contributed by atoms with Crippen LogP contribution in [0, 0.1) is 0 Å². The number of alkyl halides is 3. The van der Waals surface area contributed by atoms with Gasteiger partial charge in [0.05, 0.1) is 11.3 Å². The number of nitrogens with zero attached hydrogens (tertiary/aromatic N) is 3. The topological polar surface area (TPSA) is 70.2 Å². The lowest BCUT2D eigenvalue weighted by molar-refractivity contribution is -0.143. The Morgan fingerprint density at radius 2 is 2.13 bits per heavy atom. The quantitative estimate of drug-likeness (QED) is 0.788. The summed E-state index contributed by atoms with van der Waals surface area (Å²) in [5.74, 6) is -0.973. The van der Waals surface area contributed by atoms with Gasteiger partial charge in [0, 0.05) is 7.05 Å². The van der Waals surface area contributed by atoms with Gasteiger partial charge in [0.25, 0.3) is 0 Å². The van der Waals surface area contributed by atoms with E-state index in [2.05, 4.69) is 14.8 Å². The van der Waals surface area contributed by atoms with Crippen LogP contribution in [0.1, 0.15) is 47.1 Å². The van der Waals surface area contributed by atoms with Crippen LogP contribution in [0.15, 0.2) is 10.8 Å². The van der Waals surface area contributed by atoms with E-state index in [0.29, 0.717) is 5.69 Å². The molecule has 2 heterocycles. The molecule has 6 nitrogen and oxygen atoms in total. The lowest BCUT2D eigenvalue weighted by Gasteiger charge is -2.08. The predicted molar refractivity (Wildman–Crippen MR) is 72.9 cm³/mol. The summed E-state index contributed by atoms with van der Waals surface area (Å²) in [7, 11) is 1.55. The summed E-state index contributed by atoms with van der Waals surface area (Å²) >= 11 is 6.01. The summed E-state index contributed by atoms with van der Waals surface area (Å²) in [6, 6.07) is 0. The van der Waals surface area contributed by atoms with Gasteiger partial charge < -0.3 is 9.26 Å². The molecule has 0 saturated heterocycles. The lowest BCUT2D eigenvalue weighted by atomic mass is 10.1. The van der Waals surface area contributed by atoms with Crippen LogP contribution in [0.2, 0.25) is 5.15 Å². The van der Waals surface area contributed by atoms with Gasteiger partial charge in [0.1, 0.15) is 23.6 Å². The minimum atomic E-state index is -4.69. The number of carbonyl (C=O) groups is 1. The monoisotopic (exact) mass is 351 g/mol. The van der Waals surface area contributed by atoms with Gasteiger partial charge in [-0.2, -0.15) is 18.3 Å². The predicted octanol–water partition coefficient (Wildman–Crippen LogP) is 3.56. The Morgan fingerprint density at radius 1 is 1.48 bits per heavy atom. The van der Waals surface area contributed by atoms with Gasteiger partial charge in [0.15, 0.2) is 5.69 Å². The highest BCUT2D eigenvalue weighted by Crippen LogP contribution is 2.31. The number of hydrogen-bond acceptors (Lipinski definition) is 5. The molecular formula is C13H13ClF3N3O3. The zero-order valence-electron chi connectivity index (χ0n) is 12.4. The maximum absolute atomic E-state index is 12.7. The third-order valence-corrected chi connectivity index (χ3v) is 3.46. The van der Waals surface area contributed by atoms with Crippen molar-refractivity contribution < 1.29 is 27.2 Å². The third-order valence-electron chi connectivity index (χ3n) is 3.03. The Bertz CT molecular complexity index is 722. The molecule has 0 N–H and O–H groups in total. The molecule has 0 radical (unpaired) electrons. The first-order valence-electron chi connectivity index (χ1n) is 6.52. The molecule has 10 heteroatoms. The van der Waals surface area contributed by atoms with E-state index in [1.807, 2.05) is 0 Å². The highest BCUT2D eigenvalue weighted by molar-refractivity contribution is 6.32. The van der Waals surface area contributed by atoms with Crippen LogP contribution >= 0.6 is 11.6 Å². The zero-order valence-corrected chi connectivity index (χ0v) is 13.2. The Balaban J connectivity index is 2.20. The Morgan fingerprint density at radius 3 is 2.70 bits per heavy atom. The molecule has 0 aliphatic rings. The summed E-state index contributed by atoms with van der Waals surface area (Å²) in [6.07, 6.45) is -3.91. The second-order valence-corrected chi connectivity index (χ2v) is 5.45. The highest BCUT2D eigenvalue weighted by Gasteiger charge is 2.38. The van der Waals surface area contributed by atoms with Crippen LogP contribution in [0.4, 0.5) is 13.2 Å². The van der Waals surface area contributed by atoms with Gasteiger partial charge in [0.2, 0.25) is 0 Å². The van der Waals surface area contributed by atoms with Crippen molar-refractivity contribution >= 4 is 17.6 Å². The molecule has 2 aromatic heterocycles. The van der Waals surface area contributed by atoms with Gasteiger partial charge in [-0.1, -0.05) is 30.6 Å². The number of ether oxygens (including phenoxy) is 1. The summed E-state index contributed by atoms with van der Waals surface area (Å²) in [6.45, 7) is 2.97. The van der Waals surface area contributed by atoms with Gasteiger partial charge >= 0.3 is 12.1 Å². The van der Waals surface area contributed by atoms with Crippen molar-refractivity contribution in [3.8, 4) is 0 Å². The first kappa shape index (κ1) is 17.3. The number of halogens is 4. The molecule has 0 bridgehead atoms. The van der Waals surface area contributed by atoms with E-state index in [1.54, 1.807) is 20.9 Å². The van der Waals surface area contributed by atoms with Gasteiger partial charge in [-0.15, -0.1) is 0 Å². The SMILES string of the molecule is CC(C)c1nn(C)c(Cl)c1C(=O)OCc1conc1C(F)(F)F. The van der Waals surface area contributed by atoms with Crippen LogP contribution in [-0.2, 0) is 24.6 Å². The summed E-state index contributed by atoms with van der Waals surface area (Å²) in [4.78, 5) is 12.2. The fraction of sp³-hybridized carbons (Fsp3) is 0.462. The summed E-state index contributed by atoms with van der Waals surface area (Å²) < 4.78 is 48.5. The van der Waals surface area contributed by atoms with Crippen molar-refractivity contribution in [1.82, 2.24) is 14.9 Å². The molecule has 0 atom stereocenters. The van der Waals surface area contributed by atoms with Crippen LogP contribution in [0.25, 0.3) is 0 Å². The largest absolute Gasteiger partial charge is 0.457 e. The van der Waals surface area contributed by atoms with E-state index in [-0.39, 0.29) is 22.2 Å². The van der Waals surface area contributed by atoms with E-state index in [1.165, 1.54) is 4.68 Å². The fourth-order valence-corrected chi connectivity index (χ4v) is 2.14. The Labute approximate surface area is 134 Å². The van der Waals surface area contributed by atoms with E-state index < -0.39 is 24.4 Å². The van der Waals surface area contributed by atoms with E-state index >= 15 is 0 Å². The normalized spacial score (nSPS) is 12.0. The molecule has 2 rings (SSSR count).